The van der Waals surface area contributed by atoms with Crippen molar-refractivity contribution >= 4 is 19.6 Å². The van der Waals surface area contributed by atoms with Crippen molar-refractivity contribution in [3.63, 3.8) is 0 Å². The standard InChI is InChI=1S/C6H13ClNO4P/c7-5-6(9)13(10)12-8-1-3-11-4-2-8/h6,9,13H,1-5H2. The van der Waals surface area contributed by atoms with Crippen molar-refractivity contribution in [3.05, 3.63) is 0 Å². The predicted octanol–water partition coefficient (Wildman–Crippen LogP) is 0.282. The molecule has 1 fully saturated rings. The normalized spacial score (nSPS) is 24.2. The summed E-state index contributed by atoms with van der Waals surface area (Å²) in [5.74, 6) is -1.13. The zero-order chi connectivity index (χ0) is 9.68. The number of aliphatic hydroxyl groups is 1. The van der Waals surface area contributed by atoms with E-state index in [0.717, 1.165) is 0 Å². The minimum Gasteiger partial charge on any atom is -0.382 e. The van der Waals surface area contributed by atoms with Crippen LogP contribution in [0.3, 0.4) is 0 Å². The largest absolute Gasteiger partial charge is 0.382 e. The van der Waals surface area contributed by atoms with Crippen LogP contribution < -0.4 is 0 Å². The van der Waals surface area contributed by atoms with Gasteiger partial charge in [0.05, 0.1) is 19.1 Å². The number of ether oxygens (including phenoxy) is 1. The molecule has 7 heteroatoms. The Morgan fingerprint density at radius 1 is 1.62 bits per heavy atom. The number of morpholine rings is 1. The maximum Gasteiger partial charge on any atom is 0.238 e. The van der Waals surface area contributed by atoms with E-state index in [9.17, 15) is 4.57 Å². The van der Waals surface area contributed by atoms with Gasteiger partial charge in [0, 0.05) is 13.1 Å². The van der Waals surface area contributed by atoms with Crippen LogP contribution in [0.15, 0.2) is 0 Å². The summed E-state index contributed by atoms with van der Waals surface area (Å²) in [4.78, 5) is 0. The highest BCUT2D eigenvalue weighted by Crippen LogP contribution is 2.29. The predicted molar refractivity (Wildman–Crippen MR) is 49.2 cm³/mol. The summed E-state index contributed by atoms with van der Waals surface area (Å²) in [6.45, 7) is 2.27. The lowest BCUT2D eigenvalue weighted by atomic mass is 10.5. The van der Waals surface area contributed by atoms with Crippen molar-refractivity contribution in [2.45, 2.75) is 5.85 Å². The van der Waals surface area contributed by atoms with E-state index in [1.165, 1.54) is 0 Å². The second-order valence-electron chi connectivity index (χ2n) is 2.62. The number of halogens is 1. The molecule has 78 valence electrons. The van der Waals surface area contributed by atoms with Gasteiger partial charge in [0.15, 0.2) is 0 Å². The second-order valence-corrected chi connectivity index (χ2v) is 4.42. The van der Waals surface area contributed by atoms with Gasteiger partial charge < -0.3 is 9.84 Å². The Kier molecular flexibility index (Phi) is 5.24. The van der Waals surface area contributed by atoms with Crippen molar-refractivity contribution in [3.8, 4) is 0 Å². The van der Waals surface area contributed by atoms with Crippen molar-refractivity contribution in [1.82, 2.24) is 5.06 Å². The fourth-order valence-electron chi connectivity index (χ4n) is 0.889. The Balaban J connectivity index is 2.26. The molecule has 0 aliphatic carbocycles. The summed E-state index contributed by atoms with van der Waals surface area (Å²) >= 11 is 5.32. The molecule has 1 aliphatic heterocycles. The molecule has 1 heterocycles. The van der Waals surface area contributed by atoms with Crippen molar-refractivity contribution in [2.75, 3.05) is 32.2 Å². The smallest absolute Gasteiger partial charge is 0.238 e. The van der Waals surface area contributed by atoms with Gasteiger partial charge in [-0.3, -0.25) is 4.57 Å². The summed E-state index contributed by atoms with van der Waals surface area (Å²) in [5, 5.41) is 10.6. The van der Waals surface area contributed by atoms with Gasteiger partial charge in [-0.1, -0.05) is 0 Å². The van der Waals surface area contributed by atoms with E-state index in [0.29, 0.717) is 26.3 Å². The Labute approximate surface area is 82.4 Å². The van der Waals surface area contributed by atoms with Crippen LogP contribution in [-0.2, 0) is 13.9 Å². The Morgan fingerprint density at radius 3 is 2.77 bits per heavy atom. The minimum atomic E-state index is -2.47. The summed E-state index contributed by atoms with van der Waals surface area (Å²) in [6, 6.07) is 0. The molecule has 0 aromatic heterocycles. The van der Waals surface area contributed by atoms with E-state index in [2.05, 4.69) is 0 Å². The summed E-state index contributed by atoms with van der Waals surface area (Å²) in [6.07, 6.45) is 0. The molecule has 1 saturated heterocycles. The number of hydrogen-bond acceptors (Lipinski definition) is 5. The fraction of sp³-hybridized carbons (Fsp3) is 1.00. The SMILES string of the molecule is O=[PH](ON1CCOCC1)C(O)CCl. The van der Waals surface area contributed by atoms with E-state index in [1.807, 2.05) is 0 Å². The molecular weight excluding hydrogens is 216 g/mol. The average molecular weight is 230 g/mol. The molecule has 0 saturated carbocycles. The molecule has 0 radical (unpaired) electrons. The quantitative estimate of drug-likeness (QED) is 0.554. The maximum atomic E-state index is 11.2. The van der Waals surface area contributed by atoms with Crippen LogP contribution in [0.25, 0.3) is 0 Å². The van der Waals surface area contributed by atoms with Crippen LogP contribution in [-0.4, -0.2) is 48.2 Å². The zero-order valence-electron chi connectivity index (χ0n) is 7.11. The molecule has 1 rings (SSSR count). The summed E-state index contributed by atoms with van der Waals surface area (Å²) in [5.41, 5.74) is 0. The first-order chi connectivity index (χ1) is 6.24. The zero-order valence-corrected chi connectivity index (χ0v) is 8.87. The monoisotopic (exact) mass is 229 g/mol. The van der Waals surface area contributed by atoms with E-state index < -0.39 is 13.9 Å². The third kappa shape index (κ3) is 3.94. The highest BCUT2D eigenvalue weighted by molar-refractivity contribution is 7.39. The molecule has 2 atom stereocenters. The molecule has 5 nitrogen and oxygen atoms in total. The highest BCUT2D eigenvalue weighted by atomic mass is 35.5. The van der Waals surface area contributed by atoms with Gasteiger partial charge in [0.1, 0.15) is 5.85 Å². The minimum absolute atomic E-state index is 0.0673. The van der Waals surface area contributed by atoms with Crippen LogP contribution in [0.2, 0.25) is 0 Å². The lowest BCUT2D eigenvalue weighted by Gasteiger charge is -2.25. The second kappa shape index (κ2) is 5.96. The average Bonchev–Trinajstić information content (AvgIpc) is 2.18. The Hall–Kier alpha value is 0.360. The van der Waals surface area contributed by atoms with Crippen molar-refractivity contribution in [1.29, 1.82) is 0 Å². The van der Waals surface area contributed by atoms with E-state index in [4.69, 9.17) is 26.1 Å². The van der Waals surface area contributed by atoms with Gasteiger partial charge in [0.2, 0.25) is 8.03 Å². The first-order valence-corrected chi connectivity index (χ1v) is 5.95. The van der Waals surface area contributed by atoms with Gasteiger partial charge in [0.25, 0.3) is 0 Å². The molecular formula is C6H13ClNO4P. The third-order valence-corrected chi connectivity index (χ3v) is 3.34. The molecule has 0 spiro atoms. The summed E-state index contributed by atoms with van der Waals surface area (Å²) in [7, 11) is -2.47. The number of aliphatic hydroxyl groups excluding tert-OH is 1. The van der Waals surface area contributed by atoms with Crippen molar-refractivity contribution in [2.24, 2.45) is 0 Å². The van der Waals surface area contributed by atoms with Crippen molar-refractivity contribution < 1.29 is 19.0 Å². The van der Waals surface area contributed by atoms with Gasteiger partial charge in [-0.25, -0.2) is 4.62 Å². The van der Waals surface area contributed by atoms with Crippen LogP contribution >= 0.6 is 19.6 Å². The van der Waals surface area contributed by atoms with Gasteiger partial charge >= 0.3 is 0 Å². The van der Waals surface area contributed by atoms with Crippen LogP contribution in [0.1, 0.15) is 0 Å². The molecule has 1 N–H and O–H groups in total. The molecule has 13 heavy (non-hydrogen) atoms. The lowest BCUT2D eigenvalue weighted by Crippen LogP contribution is -2.35. The van der Waals surface area contributed by atoms with Crippen LogP contribution in [0, 0.1) is 0 Å². The van der Waals surface area contributed by atoms with E-state index in [-0.39, 0.29) is 5.88 Å². The molecule has 1 aliphatic rings. The summed E-state index contributed by atoms with van der Waals surface area (Å²) < 4.78 is 21.3. The molecule has 0 aromatic rings. The van der Waals surface area contributed by atoms with E-state index >= 15 is 0 Å². The van der Waals surface area contributed by atoms with E-state index in [1.54, 1.807) is 5.06 Å². The Morgan fingerprint density at radius 2 is 2.23 bits per heavy atom. The first-order valence-electron chi connectivity index (χ1n) is 4.02. The molecule has 0 aromatic carbocycles. The number of hydroxylamine groups is 2. The van der Waals surface area contributed by atoms with Crippen LogP contribution in [0.4, 0.5) is 0 Å². The fourth-order valence-corrected chi connectivity index (χ4v) is 1.95. The molecule has 0 amide bonds. The lowest BCUT2D eigenvalue weighted by molar-refractivity contribution is -0.115. The number of hydrogen-bond donors (Lipinski definition) is 1. The highest BCUT2D eigenvalue weighted by Gasteiger charge is 2.18. The molecule has 0 bridgehead atoms. The maximum absolute atomic E-state index is 11.2. The topological polar surface area (TPSA) is 59.0 Å². The first kappa shape index (κ1) is 11.4. The van der Waals surface area contributed by atoms with Crippen LogP contribution in [0.5, 0.6) is 0 Å². The number of rotatable bonds is 4. The van der Waals surface area contributed by atoms with Gasteiger partial charge in [-0.05, 0) is 0 Å². The number of nitrogens with zero attached hydrogens (tertiary/aromatic N) is 1. The van der Waals surface area contributed by atoms with Gasteiger partial charge in [-0.2, -0.15) is 5.06 Å². The van der Waals surface area contributed by atoms with Gasteiger partial charge in [-0.15, -0.1) is 11.6 Å². The number of alkyl halides is 1. The molecule has 2 unspecified atom stereocenters. The Bertz CT molecular complexity index is 176. The third-order valence-electron chi connectivity index (χ3n) is 1.61.